The predicted molar refractivity (Wildman–Crippen MR) is 159 cm³/mol. The summed E-state index contributed by atoms with van der Waals surface area (Å²) in [5, 5.41) is 2.88. The number of sulfonamides is 1. The van der Waals surface area contributed by atoms with Crippen molar-refractivity contribution in [1.82, 2.24) is 10.2 Å². The second-order valence-corrected chi connectivity index (χ2v) is 12.9. The van der Waals surface area contributed by atoms with Crippen LogP contribution in [0.3, 0.4) is 0 Å². The number of ether oxygens (including phenoxy) is 3. The molecule has 0 spiro atoms. The van der Waals surface area contributed by atoms with Gasteiger partial charge in [0.15, 0.2) is 11.5 Å². The second kappa shape index (κ2) is 12.9. The molecule has 1 aliphatic heterocycles. The number of nitrogens with zero attached hydrogens (tertiary/aromatic N) is 2. The van der Waals surface area contributed by atoms with E-state index in [2.05, 4.69) is 5.32 Å². The third kappa shape index (κ3) is 7.75. The maximum atomic E-state index is 14.1. The molecule has 1 atom stereocenters. The van der Waals surface area contributed by atoms with Gasteiger partial charge in [-0.2, -0.15) is 0 Å². The van der Waals surface area contributed by atoms with Crippen molar-refractivity contribution < 1.29 is 36.6 Å². The van der Waals surface area contributed by atoms with Crippen LogP contribution in [0, 0.1) is 5.82 Å². The Morgan fingerprint density at radius 1 is 0.977 bits per heavy atom. The number of anilines is 1. The first-order valence-electron chi connectivity index (χ1n) is 13.7. The standard InChI is InChI=1S/C31H36FN3O7S/c1-21(30(37)33-31(2,3)4)34(19-22-6-12-25(40-5)13-7-22)29(36)20-35(24-10-8-23(32)9-11-24)43(38,39)26-14-15-27-28(18-26)42-17-16-41-27/h6-15,18,21H,16-17,19-20H2,1-5H3,(H,33,37). The van der Waals surface area contributed by atoms with Gasteiger partial charge in [0.05, 0.1) is 17.7 Å². The fourth-order valence-corrected chi connectivity index (χ4v) is 5.86. The van der Waals surface area contributed by atoms with Crippen molar-refractivity contribution in [2.45, 2.75) is 50.7 Å². The molecule has 0 bridgehead atoms. The summed E-state index contributed by atoms with van der Waals surface area (Å²) in [5.74, 6) is -0.339. The van der Waals surface area contributed by atoms with Crippen LogP contribution in [0.25, 0.3) is 0 Å². The first-order chi connectivity index (χ1) is 20.3. The fourth-order valence-electron chi connectivity index (χ4n) is 4.43. The Kier molecular flexibility index (Phi) is 9.49. The van der Waals surface area contributed by atoms with Gasteiger partial charge in [0.2, 0.25) is 11.8 Å². The number of rotatable bonds is 10. The topological polar surface area (TPSA) is 114 Å². The number of hydrogen-bond donors (Lipinski definition) is 1. The number of halogens is 1. The van der Waals surface area contributed by atoms with Crippen LogP contribution < -0.4 is 23.8 Å². The summed E-state index contributed by atoms with van der Waals surface area (Å²) in [7, 11) is -2.84. The molecule has 4 rings (SSSR count). The van der Waals surface area contributed by atoms with E-state index in [4.69, 9.17) is 14.2 Å². The molecular formula is C31H36FN3O7S. The highest BCUT2D eigenvalue weighted by molar-refractivity contribution is 7.92. The van der Waals surface area contributed by atoms with E-state index in [0.29, 0.717) is 23.7 Å². The first-order valence-corrected chi connectivity index (χ1v) is 15.1. The zero-order valence-electron chi connectivity index (χ0n) is 24.8. The molecule has 0 radical (unpaired) electrons. The van der Waals surface area contributed by atoms with Crippen LogP contribution in [0.5, 0.6) is 17.2 Å². The maximum absolute atomic E-state index is 14.1. The Hall–Kier alpha value is -4.32. The minimum Gasteiger partial charge on any atom is -0.497 e. The van der Waals surface area contributed by atoms with Crippen LogP contribution in [-0.2, 0) is 26.2 Å². The van der Waals surface area contributed by atoms with Gasteiger partial charge in [-0.1, -0.05) is 12.1 Å². The average molecular weight is 614 g/mol. The van der Waals surface area contributed by atoms with Crippen molar-refractivity contribution in [1.29, 1.82) is 0 Å². The summed E-state index contributed by atoms with van der Waals surface area (Å²) in [5.41, 5.74) is 0.204. The Morgan fingerprint density at radius 3 is 2.21 bits per heavy atom. The highest BCUT2D eigenvalue weighted by Gasteiger charge is 2.34. The van der Waals surface area contributed by atoms with E-state index in [1.807, 2.05) is 20.8 Å². The van der Waals surface area contributed by atoms with Crippen molar-refractivity contribution >= 4 is 27.5 Å². The zero-order chi connectivity index (χ0) is 31.4. The third-order valence-electron chi connectivity index (χ3n) is 6.67. The van der Waals surface area contributed by atoms with E-state index in [-0.39, 0.29) is 29.5 Å². The molecule has 3 aromatic rings. The Morgan fingerprint density at radius 2 is 1.60 bits per heavy atom. The molecule has 230 valence electrons. The molecule has 2 amide bonds. The quantitative estimate of drug-likeness (QED) is 0.366. The molecule has 0 saturated carbocycles. The Bertz CT molecular complexity index is 1560. The highest BCUT2D eigenvalue weighted by Crippen LogP contribution is 2.34. The zero-order valence-corrected chi connectivity index (χ0v) is 25.6. The largest absolute Gasteiger partial charge is 0.497 e. The molecule has 3 aromatic carbocycles. The van der Waals surface area contributed by atoms with Gasteiger partial charge in [-0.3, -0.25) is 13.9 Å². The number of fused-ring (bicyclic) bond motifs is 1. The van der Waals surface area contributed by atoms with Crippen LogP contribution in [0.2, 0.25) is 0 Å². The lowest BCUT2D eigenvalue weighted by molar-refractivity contribution is -0.140. The van der Waals surface area contributed by atoms with Gasteiger partial charge in [0.25, 0.3) is 10.0 Å². The van der Waals surface area contributed by atoms with Crippen molar-refractivity contribution in [2.75, 3.05) is 31.2 Å². The Labute approximate surface area is 251 Å². The number of carbonyl (C=O) groups is 2. The van der Waals surface area contributed by atoms with Gasteiger partial charge in [-0.25, -0.2) is 12.8 Å². The molecule has 0 aliphatic carbocycles. The van der Waals surface area contributed by atoms with Crippen LogP contribution in [0.15, 0.2) is 71.6 Å². The lowest BCUT2D eigenvalue weighted by Gasteiger charge is -2.33. The summed E-state index contributed by atoms with van der Waals surface area (Å²) in [4.78, 5) is 28.4. The van der Waals surface area contributed by atoms with Gasteiger partial charge in [0.1, 0.15) is 37.4 Å². The Balaban J connectivity index is 1.72. The summed E-state index contributed by atoms with van der Waals surface area (Å²) in [6.07, 6.45) is 0. The van der Waals surface area contributed by atoms with Crippen LogP contribution >= 0.6 is 0 Å². The minimum absolute atomic E-state index is 0.0168. The second-order valence-electron chi connectivity index (χ2n) is 11.1. The van der Waals surface area contributed by atoms with Gasteiger partial charge >= 0.3 is 0 Å². The number of benzene rings is 3. The van der Waals surface area contributed by atoms with Crippen LogP contribution in [0.1, 0.15) is 33.3 Å². The fraction of sp³-hybridized carbons (Fsp3) is 0.355. The molecule has 0 aromatic heterocycles. The molecule has 0 saturated heterocycles. The lowest BCUT2D eigenvalue weighted by Crippen LogP contribution is -2.54. The number of amides is 2. The predicted octanol–water partition coefficient (Wildman–Crippen LogP) is 4.13. The molecule has 1 unspecified atom stereocenters. The van der Waals surface area contributed by atoms with E-state index in [1.54, 1.807) is 31.2 Å². The van der Waals surface area contributed by atoms with Gasteiger partial charge < -0.3 is 24.4 Å². The summed E-state index contributed by atoms with van der Waals surface area (Å²) in [6.45, 7) is 7.00. The first kappa shape index (κ1) is 31.6. The van der Waals surface area contributed by atoms with E-state index < -0.39 is 45.8 Å². The summed E-state index contributed by atoms with van der Waals surface area (Å²) >= 11 is 0. The molecule has 1 heterocycles. The van der Waals surface area contributed by atoms with Crippen molar-refractivity contribution in [3.05, 3.63) is 78.1 Å². The average Bonchev–Trinajstić information content (AvgIpc) is 2.97. The molecule has 43 heavy (non-hydrogen) atoms. The van der Waals surface area contributed by atoms with E-state index in [9.17, 15) is 22.4 Å². The molecular weight excluding hydrogens is 577 g/mol. The number of nitrogens with one attached hydrogen (secondary N) is 1. The highest BCUT2D eigenvalue weighted by atomic mass is 32.2. The van der Waals surface area contributed by atoms with E-state index in [1.165, 1.54) is 42.3 Å². The van der Waals surface area contributed by atoms with Gasteiger partial charge in [-0.05, 0) is 81.8 Å². The summed E-state index contributed by atoms with van der Waals surface area (Å²) in [6, 6.07) is 15.0. The number of carbonyl (C=O) groups excluding carboxylic acids is 2. The monoisotopic (exact) mass is 613 g/mol. The van der Waals surface area contributed by atoms with Crippen molar-refractivity contribution in [3.63, 3.8) is 0 Å². The number of hydrogen-bond acceptors (Lipinski definition) is 7. The normalized spacial score (nSPS) is 13.5. The maximum Gasteiger partial charge on any atom is 0.264 e. The molecule has 10 nitrogen and oxygen atoms in total. The van der Waals surface area contributed by atoms with Crippen molar-refractivity contribution in [2.24, 2.45) is 0 Å². The van der Waals surface area contributed by atoms with Crippen LogP contribution in [-0.4, -0.2) is 63.6 Å². The smallest absolute Gasteiger partial charge is 0.264 e. The number of methoxy groups -OCH3 is 1. The third-order valence-corrected chi connectivity index (χ3v) is 8.44. The molecule has 12 heteroatoms. The summed E-state index contributed by atoms with van der Waals surface area (Å²) < 4.78 is 59.2. The minimum atomic E-state index is -4.37. The van der Waals surface area contributed by atoms with E-state index in [0.717, 1.165) is 16.4 Å². The SMILES string of the molecule is COc1ccc(CN(C(=O)CN(c2ccc(F)cc2)S(=O)(=O)c2ccc3c(c2)OCCO3)C(C)C(=O)NC(C)(C)C)cc1. The van der Waals surface area contributed by atoms with Gasteiger partial charge in [-0.15, -0.1) is 0 Å². The van der Waals surface area contributed by atoms with Gasteiger partial charge in [0, 0.05) is 18.2 Å². The van der Waals surface area contributed by atoms with Crippen molar-refractivity contribution in [3.8, 4) is 17.2 Å². The van der Waals surface area contributed by atoms with Crippen LogP contribution in [0.4, 0.5) is 10.1 Å². The van der Waals surface area contributed by atoms with E-state index >= 15 is 0 Å². The molecule has 0 fully saturated rings. The lowest BCUT2D eigenvalue weighted by atomic mass is 10.1. The molecule has 1 N–H and O–H groups in total. The molecule has 1 aliphatic rings.